The molecule has 0 unspecified atom stereocenters. The van der Waals surface area contributed by atoms with Crippen LogP contribution in [0.1, 0.15) is 13.3 Å². The molecule has 0 rings (SSSR count). The van der Waals surface area contributed by atoms with Crippen molar-refractivity contribution >= 4 is 10.1 Å². The third-order valence-corrected chi connectivity index (χ3v) is 1.96. The molecule has 0 saturated carbocycles. The molecule has 0 amide bonds. The molecule has 0 aliphatic carbocycles. The van der Waals surface area contributed by atoms with Crippen LogP contribution in [0.3, 0.4) is 0 Å². The van der Waals surface area contributed by atoms with Crippen LogP contribution in [0.25, 0.3) is 0 Å². The third kappa shape index (κ3) is 4.65. The summed E-state index contributed by atoms with van der Waals surface area (Å²) in [4.78, 5) is -0.882. The quantitative estimate of drug-likeness (QED) is 0.266. The molecule has 60 valence electrons. The number of hydrogen-bond donors (Lipinski definition) is 2. The van der Waals surface area contributed by atoms with Crippen molar-refractivity contribution in [2.45, 2.75) is 13.3 Å². The van der Waals surface area contributed by atoms with Gasteiger partial charge in [0.15, 0.2) is 0 Å². The van der Waals surface area contributed by atoms with E-state index >= 15 is 0 Å². The fraction of sp³-hybridized carbons (Fsp3) is 0.500. The Morgan fingerprint density at radius 3 is 1.91 bits per heavy atom. The molecule has 0 aromatic heterocycles. The monoisotopic (exact) mass is 190 g/mol. The number of rotatable bonds is 2. The van der Waals surface area contributed by atoms with Crippen molar-refractivity contribution in [3.05, 3.63) is 10.9 Å². The molecule has 11 heavy (non-hydrogen) atoms. The van der Waals surface area contributed by atoms with Crippen LogP contribution in [-0.4, -0.2) is 18.1 Å². The third-order valence-electron chi connectivity index (χ3n) is 0.871. The molecule has 0 atom stereocenters. The number of allylic oxidation sites excluding steroid dienone is 1. The van der Waals surface area contributed by atoms with E-state index in [-0.39, 0.29) is 36.0 Å². The van der Waals surface area contributed by atoms with Gasteiger partial charge in [-0.3, -0.25) is 4.55 Å². The summed E-state index contributed by atoms with van der Waals surface area (Å²) in [5, 5.41) is 18.1. The number of hydrogen-bond acceptors (Lipinski definition) is 4. The topological polar surface area (TPSA) is 97.7 Å². The molecule has 0 spiro atoms. The molecule has 0 heterocycles. The molecular weight excluding hydrogens is 183 g/mol. The van der Waals surface area contributed by atoms with Gasteiger partial charge in [-0.15, -0.1) is 0 Å². The summed E-state index contributed by atoms with van der Waals surface area (Å²) in [7, 11) is -4.50. The molecule has 0 aromatic carbocycles. The van der Waals surface area contributed by atoms with E-state index in [4.69, 9.17) is 9.66 Å². The average Bonchev–Trinajstić information content (AvgIpc) is 1.60. The second kappa shape index (κ2) is 5.00. The number of aliphatic hydroxyl groups is 1. The fourth-order valence-corrected chi connectivity index (χ4v) is 1.03. The Hall–Kier alpha value is 0.250. The van der Waals surface area contributed by atoms with E-state index in [0.29, 0.717) is 0 Å². The van der Waals surface area contributed by atoms with E-state index in [0.717, 1.165) is 0 Å². The van der Waals surface area contributed by atoms with Gasteiger partial charge in [0, 0.05) is 0 Å². The van der Waals surface area contributed by atoms with E-state index in [1.807, 2.05) is 0 Å². The molecule has 0 aromatic rings. The Bertz CT molecular complexity index is 237. The Morgan fingerprint density at radius 1 is 1.55 bits per heavy atom. The van der Waals surface area contributed by atoms with Gasteiger partial charge in [0.25, 0.3) is 10.1 Å². The fourth-order valence-electron chi connectivity index (χ4n) is 0.444. The molecule has 0 aliphatic heterocycles. The Balaban J connectivity index is 0. The summed E-state index contributed by atoms with van der Waals surface area (Å²) in [6.07, 6.45) is -0.214. The second-order valence-electron chi connectivity index (χ2n) is 1.56. The smallest absolute Gasteiger partial charge is 0.628 e. The molecule has 5 nitrogen and oxygen atoms in total. The molecule has 0 saturated heterocycles. The summed E-state index contributed by atoms with van der Waals surface area (Å²) < 4.78 is 28.5. The summed E-state index contributed by atoms with van der Waals surface area (Å²) in [5.41, 5.74) is 0. The predicted octanol–water partition coefficient (Wildman–Crippen LogP) is -3.62. The molecule has 0 fully saturated rings. The van der Waals surface area contributed by atoms with Gasteiger partial charge in [0.2, 0.25) is 0 Å². The van der Waals surface area contributed by atoms with E-state index in [9.17, 15) is 13.5 Å². The van der Waals surface area contributed by atoms with Gasteiger partial charge in [0.05, 0.1) is 10.9 Å². The van der Waals surface area contributed by atoms with Gasteiger partial charge in [-0.1, -0.05) is 6.92 Å². The minimum atomic E-state index is -4.50. The first kappa shape index (κ1) is 13.8. The van der Waals surface area contributed by atoms with Gasteiger partial charge in [-0.05, 0) is 6.42 Å². The van der Waals surface area contributed by atoms with Crippen LogP contribution in [0, 0.1) is 0 Å². The van der Waals surface area contributed by atoms with Crippen molar-refractivity contribution < 1.29 is 52.7 Å². The molecule has 0 bridgehead atoms. The SMILES string of the molecule is CCC(=C([O-])O)S(=O)(=O)O.[Na+]. The van der Waals surface area contributed by atoms with Gasteiger partial charge < -0.3 is 10.2 Å². The van der Waals surface area contributed by atoms with Gasteiger partial charge in [0.1, 0.15) is 0 Å². The van der Waals surface area contributed by atoms with Crippen molar-refractivity contribution in [1.82, 2.24) is 0 Å². The summed E-state index contributed by atoms with van der Waals surface area (Å²) in [6.45, 7) is 1.33. The van der Waals surface area contributed by atoms with Crippen LogP contribution < -0.4 is 34.7 Å². The summed E-state index contributed by atoms with van der Waals surface area (Å²) in [6, 6.07) is 0. The molecular formula is C4H7NaO5S. The largest absolute Gasteiger partial charge is 1.00 e. The van der Waals surface area contributed by atoms with Crippen molar-refractivity contribution in [2.75, 3.05) is 0 Å². The zero-order valence-electron chi connectivity index (χ0n) is 6.23. The summed E-state index contributed by atoms with van der Waals surface area (Å²) >= 11 is 0. The summed E-state index contributed by atoms with van der Waals surface area (Å²) in [5.74, 6) is -1.61. The van der Waals surface area contributed by atoms with Crippen molar-refractivity contribution in [1.29, 1.82) is 0 Å². The average molecular weight is 190 g/mol. The first-order valence-electron chi connectivity index (χ1n) is 2.46. The van der Waals surface area contributed by atoms with E-state index in [2.05, 4.69) is 0 Å². The first-order valence-corrected chi connectivity index (χ1v) is 3.90. The molecule has 0 radical (unpaired) electrons. The minimum Gasteiger partial charge on any atom is -0.628 e. The Kier molecular flexibility index (Phi) is 6.27. The van der Waals surface area contributed by atoms with Crippen molar-refractivity contribution in [2.24, 2.45) is 0 Å². The van der Waals surface area contributed by atoms with E-state index < -0.39 is 21.0 Å². The molecule has 0 aliphatic rings. The van der Waals surface area contributed by atoms with Crippen molar-refractivity contribution in [3.63, 3.8) is 0 Å². The zero-order valence-corrected chi connectivity index (χ0v) is 9.05. The van der Waals surface area contributed by atoms with Gasteiger partial charge in [-0.2, -0.15) is 8.42 Å². The Morgan fingerprint density at radius 2 is 1.91 bits per heavy atom. The number of aliphatic hydroxyl groups excluding tert-OH is 1. The van der Waals surface area contributed by atoms with Gasteiger partial charge in [-0.25, -0.2) is 0 Å². The van der Waals surface area contributed by atoms with Crippen molar-refractivity contribution in [3.8, 4) is 0 Å². The Labute approximate surface area is 86.8 Å². The van der Waals surface area contributed by atoms with Crippen LogP contribution in [0.15, 0.2) is 10.9 Å². The maximum atomic E-state index is 10.1. The second-order valence-corrected chi connectivity index (χ2v) is 3.00. The molecule has 7 heteroatoms. The normalized spacial score (nSPS) is 13.3. The van der Waals surface area contributed by atoms with Crippen LogP contribution in [0.5, 0.6) is 0 Å². The first-order chi connectivity index (χ1) is 4.39. The zero-order chi connectivity index (χ0) is 8.36. The molecule has 2 N–H and O–H groups in total. The van der Waals surface area contributed by atoms with E-state index in [1.165, 1.54) is 6.92 Å². The minimum absolute atomic E-state index is 0. The maximum absolute atomic E-state index is 10.1. The maximum Gasteiger partial charge on any atom is 1.00 e. The van der Waals surface area contributed by atoms with Gasteiger partial charge >= 0.3 is 29.6 Å². The van der Waals surface area contributed by atoms with E-state index in [1.54, 1.807) is 0 Å². The van der Waals surface area contributed by atoms with Crippen LogP contribution in [0.4, 0.5) is 0 Å². The predicted molar refractivity (Wildman–Crippen MR) is 31.5 cm³/mol. The standard InChI is InChI=1S/C4H8O5S.Na/c1-2-3(4(5)6)10(7,8)9;/h5-6H,2H2,1H3,(H,7,8,9);/q;+1/p-1. The van der Waals surface area contributed by atoms with Crippen LogP contribution in [0.2, 0.25) is 0 Å². The van der Waals surface area contributed by atoms with Crippen LogP contribution in [-0.2, 0) is 10.1 Å². The van der Waals surface area contributed by atoms with Crippen LogP contribution >= 0.6 is 0 Å².